The molecule has 0 aliphatic carbocycles. The second-order valence-electron chi connectivity index (χ2n) is 8.55. The lowest BCUT2D eigenvalue weighted by Gasteiger charge is -2.16. The number of esters is 1. The van der Waals surface area contributed by atoms with Crippen LogP contribution in [-0.2, 0) is 27.5 Å². The molecule has 0 bridgehead atoms. The van der Waals surface area contributed by atoms with Crippen molar-refractivity contribution in [2.24, 2.45) is 12.0 Å². The maximum Gasteiger partial charge on any atom is 0.431 e. The zero-order valence-electron chi connectivity index (χ0n) is 21.5. The number of aromatic nitrogens is 2. The second kappa shape index (κ2) is 11.9. The minimum absolute atomic E-state index is 0.0166. The number of ether oxygens (including phenoxy) is 1. The van der Waals surface area contributed by atoms with Crippen LogP contribution in [0.3, 0.4) is 0 Å². The molecule has 0 N–H and O–H groups in total. The van der Waals surface area contributed by atoms with Crippen molar-refractivity contribution in [3.05, 3.63) is 96.1 Å². The molecule has 0 unspecified atom stereocenters. The van der Waals surface area contributed by atoms with Crippen LogP contribution in [0.4, 0.5) is 27.6 Å². The molecule has 2 aromatic carbocycles. The Labute approximate surface area is 242 Å². The highest BCUT2D eigenvalue weighted by Gasteiger charge is 2.37. The Kier molecular flexibility index (Phi) is 8.73. The summed E-state index contributed by atoms with van der Waals surface area (Å²) >= 11 is 6.95. The molecule has 16 heteroatoms. The number of carbonyl (C=O) groups is 2. The number of benzene rings is 2. The number of hydrogen-bond donors (Lipinski definition) is 0. The molecule has 9 nitrogen and oxygen atoms in total. The number of halogens is 6. The third kappa shape index (κ3) is 6.31. The highest BCUT2D eigenvalue weighted by atomic mass is 35.5. The van der Waals surface area contributed by atoms with Crippen molar-refractivity contribution in [3.8, 4) is 5.69 Å². The lowest BCUT2D eigenvalue weighted by atomic mass is 10.2. The van der Waals surface area contributed by atoms with Crippen molar-refractivity contribution in [3.63, 3.8) is 0 Å². The van der Waals surface area contributed by atoms with Gasteiger partial charge in [-0.1, -0.05) is 23.7 Å². The Hall–Kier alpha value is -4.24. The fraction of sp³-hybridized carbons (Fsp3) is 0.192. The molecule has 42 heavy (non-hydrogen) atoms. The van der Waals surface area contributed by atoms with E-state index in [1.807, 2.05) is 0 Å². The molecule has 1 aliphatic heterocycles. The van der Waals surface area contributed by atoms with Gasteiger partial charge in [-0.3, -0.25) is 23.9 Å². The Bertz CT molecular complexity index is 1770. The van der Waals surface area contributed by atoms with Crippen LogP contribution in [-0.4, -0.2) is 44.2 Å². The molecule has 0 saturated carbocycles. The lowest BCUT2D eigenvalue weighted by molar-refractivity contribution is -0.145. The number of alkyl halides is 3. The van der Waals surface area contributed by atoms with E-state index < -0.39 is 58.9 Å². The fourth-order valence-electron chi connectivity index (χ4n) is 3.78. The van der Waals surface area contributed by atoms with Crippen LogP contribution in [0.25, 0.3) is 11.8 Å². The van der Waals surface area contributed by atoms with Crippen LogP contribution >= 0.6 is 23.4 Å². The number of aliphatic imine (C=N–C) groups is 1. The third-order valence-electron chi connectivity index (χ3n) is 5.73. The average Bonchev–Trinajstić information content (AvgIpc) is 3.18. The SMILES string of the molecule is CCOC(=O)CN1C(=O)C(=Cc2ccc(F)cc2)SC1=Nc1cc(-n2c(=O)cc(C(F)(F)F)n(C)c2=O)c(F)cc1Cl. The van der Waals surface area contributed by atoms with Crippen molar-refractivity contribution < 1.29 is 36.3 Å². The first-order chi connectivity index (χ1) is 19.7. The largest absolute Gasteiger partial charge is 0.465 e. The van der Waals surface area contributed by atoms with Crippen molar-refractivity contribution in [1.29, 1.82) is 0 Å². The van der Waals surface area contributed by atoms with E-state index in [-0.39, 0.29) is 42.6 Å². The van der Waals surface area contributed by atoms with E-state index in [0.29, 0.717) is 11.6 Å². The van der Waals surface area contributed by atoms with Gasteiger partial charge in [0.1, 0.15) is 23.9 Å². The number of amides is 1. The van der Waals surface area contributed by atoms with Gasteiger partial charge in [0.15, 0.2) is 5.17 Å². The van der Waals surface area contributed by atoms with Gasteiger partial charge in [-0.2, -0.15) is 13.2 Å². The van der Waals surface area contributed by atoms with Gasteiger partial charge in [-0.25, -0.2) is 23.1 Å². The molecule has 0 spiro atoms. The zero-order chi connectivity index (χ0) is 30.9. The molecular weight excluding hydrogens is 611 g/mol. The van der Waals surface area contributed by atoms with Gasteiger partial charge in [-0.15, -0.1) is 0 Å². The van der Waals surface area contributed by atoms with Crippen LogP contribution in [0.1, 0.15) is 18.2 Å². The van der Waals surface area contributed by atoms with Gasteiger partial charge in [-0.05, 0) is 54.6 Å². The number of nitrogens with zero attached hydrogens (tertiary/aromatic N) is 4. The molecule has 1 saturated heterocycles. The van der Waals surface area contributed by atoms with E-state index in [1.165, 1.54) is 30.3 Å². The highest BCUT2D eigenvalue weighted by molar-refractivity contribution is 8.18. The van der Waals surface area contributed by atoms with Crippen LogP contribution in [0.5, 0.6) is 0 Å². The van der Waals surface area contributed by atoms with Crippen LogP contribution < -0.4 is 11.2 Å². The summed E-state index contributed by atoms with van der Waals surface area (Å²) in [6.45, 7) is 0.993. The monoisotopic (exact) mass is 628 g/mol. The molecule has 0 radical (unpaired) electrons. The third-order valence-corrected chi connectivity index (χ3v) is 7.04. The minimum Gasteiger partial charge on any atom is -0.465 e. The Morgan fingerprint density at radius 3 is 2.38 bits per heavy atom. The molecule has 1 amide bonds. The first-order valence-electron chi connectivity index (χ1n) is 11.8. The van der Waals surface area contributed by atoms with Crippen molar-refractivity contribution >= 4 is 52.2 Å². The molecular formula is C26H18ClF5N4O5S. The van der Waals surface area contributed by atoms with E-state index >= 15 is 0 Å². The summed E-state index contributed by atoms with van der Waals surface area (Å²) in [5, 5.41) is -0.478. The maximum atomic E-state index is 15.0. The van der Waals surface area contributed by atoms with E-state index in [4.69, 9.17) is 16.3 Å². The predicted molar refractivity (Wildman–Crippen MR) is 145 cm³/mol. The van der Waals surface area contributed by atoms with Gasteiger partial charge in [0, 0.05) is 13.1 Å². The summed E-state index contributed by atoms with van der Waals surface area (Å²) in [6.07, 6.45) is -3.62. The van der Waals surface area contributed by atoms with E-state index in [2.05, 4.69) is 4.99 Å². The van der Waals surface area contributed by atoms with E-state index in [0.717, 1.165) is 29.8 Å². The first kappa shape index (κ1) is 30.7. The average molecular weight is 629 g/mol. The Balaban J connectivity index is 1.84. The van der Waals surface area contributed by atoms with Crippen LogP contribution in [0.15, 0.2) is 62.0 Å². The number of thioether (sulfide) groups is 1. The summed E-state index contributed by atoms with van der Waals surface area (Å²) in [6, 6.07) is 6.84. The number of amidine groups is 1. The molecule has 4 rings (SSSR count). The zero-order valence-corrected chi connectivity index (χ0v) is 23.1. The smallest absolute Gasteiger partial charge is 0.431 e. The second-order valence-corrected chi connectivity index (χ2v) is 9.97. The minimum atomic E-state index is -5.03. The summed E-state index contributed by atoms with van der Waals surface area (Å²) in [5.41, 5.74) is -5.10. The fourth-order valence-corrected chi connectivity index (χ4v) is 4.97. The summed E-state index contributed by atoms with van der Waals surface area (Å²) in [5.74, 6) is -3.19. The van der Waals surface area contributed by atoms with Crippen molar-refractivity contribution in [1.82, 2.24) is 14.0 Å². The number of hydrogen-bond acceptors (Lipinski definition) is 7. The summed E-state index contributed by atoms with van der Waals surface area (Å²) in [4.78, 5) is 55.9. The molecule has 0 atom stereocenters. The lowest BCUT2D eigenvalue weighted by Crippen LogP contribution is -2.41. The maximum absolute atomic E-state index is 15.0. The van der Waals surface area contributed by atoms with Crippen molar-refractivity contribution in [2.75, 3.05) is 13.2 Å². The molecule has 1 fully saturated rings. The Morgan fingerprint density at radius 1 is 1.10 bits per heavy atom. The van der Waals surface area contributed by atoms with E-state index in [1.54, 1.807) is 6.92 Å². The van der Waals surface area contributed by atoms with Crippen molar-refractivity contribution in [2.45, 2.75) is 13.1 Å². The normalized spacial score (nSPS) is 15.6. The molecule has 1 aliphatic rings. The number of carbonyl (C=O) groups excluding carboxylic acids is 2. The first-order valence-corrected chi connectivity index (χ1v) is 13.0. The van der Waals surface area contributed by atoms with Gasteiger partial charge < -0.3 is 4.74 Å². The molecule has 1 aromatic heterocycles. The topological polar surface area (TPSA) is 103 Å². The molecule has 2 heterocycles. The predicted octanol–water partition coefficient (Wildman–Crippen LogP) is 4.65. The standard InChI is InChI=1S/C26H18ClF5N4O5S/c1-3-41-22(38)12-35-23(39)19(8-13-4-6-14(28)7-5-13)42-24(35)33-17-10-18(16(29)9-15(17)27)36-21(37)11-20(26(30,31)32)34(2)25(36)40/h4-11H,3,12H2,1-2H3. The quantitative estimate of drug-likeness (QED) is 0.224. The Morgan fingerprint density at radius 2 is 1.76 bits per heavy atom. The van der Waals surface area contributed by atoms with E-state index in [9.17, 15) is 41.1 Å². The van der Waals surface area contributed by atoms with Gasteiger partial charge in [0.25, 0.3) is 11.5 Å². The van der Waals surface area contributed by atoms with Gasteiger partial charge in [0.05, 0.1) is 27.9 Å². The molecule has 220 valence electrons. The van der Waals surface area contributed by atoms with Gasteiger partial charge >= 0.3 is 17.8 Å². The van der Waals surface area contributed by atoms with Crippen LogP contribution in [0.2, 0.25) is 5.02 Å². The number of rotatable bonds is 6. The summed E-state index contributed by atoms with van der Waals surface area (Å²) in [7, 11) is 0.763. The molecule has 3 aromatic rings. The van der Waals surface area contributed by atoms with Crippen LogP contribution in [0, 0.1) is 11.6 Å². The summed E-state index contributed by atoms with van der Waals surface area (Å²) < 4.78 is 73.3. The highest BCUT2D eigenvalue weighted by Crippen LogP contribution is 2.37. The van der Waals surface area contributed by atoms with Gasteiger partial charge in [0.2, 0.25) is 0 Å².